The summed E-state index contributed by atoms with van der Waals surface area (Å²) in [6.45, 7) is 7.15. The molecule has 1 amide bonds. The minimum absolute atomic E-state index is 0.0987. The van der Waals surface area contributed by atoms with Crippen LogP contribution in [0.4, 0.5) is 0 Å². The largest absolute Gasteiger partial charge is 0.336 e. The van der Waals surface area contributed by atoms with E-state index in [1.165, 1.54) is 0 Å². The number of piperidine rings is 1. The van der Waals surface area contributed by atoms with E-state index >= 15 is 0 Å². The van der Waals surface area contributed by atoms with Gasteiger partial charge in [0.25, 0.3) is 5.91 Å². The van der Waals surface area contributed by atoms with E-state index in [2.05, 4.69) is 24.1 Å². The molecule has 0 atom stereocenters. The lowest BCUT2D eigenvalue weighted by atomic mass is 9.96. The molecule has 0 radical (unpaired) electrons. The molecule has 1 aromatic rings. The van der Waals surface area contributed by atoms with Crippen LogP contribution in [0.25, 0.3) is 0 Å². The van der Waals surface area contributed by atoms with Crippen LogP contribution < -0.4 is 5.32 Å². The highest BCUT2D eigenvalue weighted by molar-refractivity contribution is 5.94. The maximum absolute atomic E-state index is 12.5. The zero-order valence-electron chi connectivity index (χ0n) is 11.8. The van der Waals surface area contributed by atoms with Crippen LogP contribution in [0.5, 0.6) is 0 Å². The summed E-state index contributed by atoms with van der Waals surface area (Å²) >= 11 is 0. The van der Waals surface area contributed by atoms with Crippen molar-refractivity contribution in [1.29, 1.82) is 0 Å². The summed E-state index contributed by atoms with van der Waals surface area (Å²) in [6, 6.07) is 3.88. The number of rotatable bonds is 4. The van der Waals surface area contributed by atoms with Crippen LogP contribution in [0.3, 0.4) is 0 Å². The van der Waals surface area contributed by atoms with Crippen LogP contribution >= 0.6 is 0 Å². The van der Waals surface area contributed by atoms with Gasteiger partial charge >= 0.3 is 0 Å². The summed E-state index contributed by atoms with van der Waals surface area (Å²) < 4.78 is 0. The second kappa shape index (κ2) is 6.66. The predicted octanol–water partition coefficient (Wildman–Crippen LogP) is 1.93. The third kappa shape index (κ3) is 3.77. The Balaban J connectivity index is 2.05. The third-order valence-electron chi connectivity index (χ3n) is 3.71. The van der Waals surface area contributed by atoms with E-state index in [0.717, 1.165) is 32.5 Å². The summed E-state index contributed by atoms with van der Waals surface area (Å²) in [7, 11) is 0. The number of pyridine rings is 1. The highest BCUT2D eigenvalue weighted by atomic mass is 16.2. The van der Waals surface area contributed by atoms with Crippen molar-refractivity contribution < 1.29 is 4.79 Å². The number of nitrogens with one attached hydrogen (secondary N) is 1. The van der Waals surface area contributed by atoms with Gasteiger partial charge in [-0.25, -0.2) is 0 Å². The zero-order valence-corrected chi connectivity index (χ0v) is 11.8. The molecule has 0 saturated carbocycles. The smallest absolute Gasteiger partial charge is 0.255 e. The van der Waals surface area contributed by atoms with Crippen LogP contribution in [0.15, 0.2) is 24.5 Å². The minimum Gasteiger partial charge on any atom is -0.336 e. The van der Waals surface area contributed by atoms with Crippen molar-refractivity contribution in [3.63, 3.8) is 0 Å². The van der Waals surface area contributed by atoms with Gasteiger partial charge in [0, 0.05) is 25.0 Å². The molecule has 1 aliphatic heterocycles. The van der Waals surface area contributed by atoms with Crippen LogP contribution in [-0.2, 0) is 0 Å². The molecule has 4 nitrogen and oxygen atoms in total. The lowest BCUT2D eigenvalue weighted by Gasteiger charge is -2.32. The van der Waals surface area contributed by atoms with Gasteiger partial charge in [-0.05, 0) is 57.8 Å². The van der Waals surface area contributed by atoms with Gasteiger partial charge in [-0.1, -0.05) is 0 Å². The van der Waals surface area contributed by atoms with Crippen LogP contribution in [0, 0.1) is 5.92 Å². The quantitative estimate of drug-likeness (QED) is 0.901. The summed E-state index contributed by atoms with van der Waals surface area (Å²) in [5.41, 5.74) is 0.685. The van der Waals surface area contributed by atoms with E-state index in [1.807, 2.05) is 17.0 Å². The van der Waals surface area contributed by atoms with E-state index in [4.69, 9.17) is 0 Å². The minimum atomic E-state index is 0.0987. The predicted molar refractivity (Wildman–Crippen MR) is 76.0 cm³/mol. The Bertz CT molecular complexity index is 399. The zero-order chi connectivity index (χ0) is 13.7. The molecule has 0 unspecified atom stereocenters. The highest BCUT2D eigenvalue weighted by Crippen LogP contribution is 2.17. The highest BCUT2D eigenvalue weighted by Gasteiger charge is 2.23. The summed E-state index contributed by atoms with van der Waals surface area (Å²) in [5, 5.41) is 3.36. The molecule has 1 aliphatic rings. The van der Waals surface area contributed by atoms with Crippen LogP contribution in [0.2, 0.25) is 0 Å². The van der Waals surface area contributed by atoms with Crippen molar-refractivity contribution in [1.82, 2.24) is 15.2 Å². The van der Waals surface area contributed by atoms with E-state index in [0.29, 0.717) is 11.5 Å². The molecule has 2 heterocycles. The van der Waals surface area contributed by atoms with Gasteiger partial charge in [-0.3, -0.25) is 9.78 Å². The molecule has 1 aromatic heterocycles. The number of carbonyl (C=O) groups is 1. The Kier molecular flexibility index (Phi) is 4.91. The van der Waals surface area contributed by atoms with E-state index in [1.54, 1.807) is 12.4 Å². The van der Waals surface area contributed by atoms with Crippen molar-refractivity contribution in [3.8, 4) is 0 Å². The second-order valence-electron chi connectivity index (χ2n) is 5.49. The SMILES string of the molecule is CC(C)N(CC1CCNCC1)C(=O)c1cccnc1. The topological polar surface area (TPSA) is 45.2 Å². The molecular formula is C15H23N3O. The molecule has 0 spiro atoms. The Labute approximate surface area is 115 Å². The van der Waals surface area contributed by atoms with E-state index in [9.17, 15) is 4.79 Å². The van der Waals surface area contributed by atoms with Gasteiger partial charge in [0.15, 0.2) is 0 Å². The first-order valence-electron chi connectivity index (χ1n) is 7.10. The maximum atomic E-state index is 12.5. The Hall–Kier alpha value is -1.42. The lowest BCUT2D eigenvalue weighted by molar-refractivity contribution is 0.0657. The molecule has 1 saturated heterocycles. The number of hydrogen-bond donors (Lipinski definition) is 1. The number of carbonyl (C=O) groups excluding carboxylic acids is 1. The molecule has 0 aromatic carbocycles. The summed E-state index contributed by atoms with van der Waals surface area (Å²) in [4.78, 5) is 18.5. The number of nitrogens with zero attached hydrogens (tertiary/aromatic N) is 2. The number of aromatic nitrogens is 1. The lowest BCUT2D eigenvalue weighted by Crippen LogP contribution is -2.43. The molecule has 0 aliphatic carbocycles. The van der Waals surface area contributed by atoms with Crippen molar-refractivity contribution in [2.75, 3.05) is 19.6 Å². The van der Waals surface area contributed by atoms with Crippen molar-refractivity contribution in [2.45, 2.75) is 32.7 Å². The standard InChI is InChI=1S/C15H23N3O/c1-12(2)18(11-13-5-8-16-9-6-13)15(19)14-4-3-7-17-10-14/h3-4,7,10,12-13,16H,5-6,8-9,11H2,1-2H3. The van der Waals surface area contributed by atoms with Gasteiger partial charge in [-0.15, -0.1) is 0 Å². The van der Waals surface area contributed by atoms with Crippen molar-refractivity contribution >= 4 is 5.91 Å². The Morgan fingerprint density at radius 2 is 2.21 bits per heavy atom. The Morgan fingerprint density at radius 3 is 2.79 bits per heavy atom. The number of amides is 1. The van der Waals surface area contributed by atoms with Gasteiger partial charge in [0.2, 0.25) is 0 Å². The average molecular weight is 261 g/mol. The fourth-order valence-corrected chi connectivity index (χ4v) is 2.53. The molecule has 1 N–H and O–H groups in total. The average Bonchev–Trinajstić information content (AvgIpc) is 2.46. The normalized spacial score (nSPS) is 16.6. The molecule has 0 bridgehead atoms. The van der Waals surface area contributed by atoms with Gasteiger partial charge in [0.05, 0.1) is 5.56 Å². The molecular weight excluding hydrogens is 238 g/mol. The fraction of sp³-hybridized carbons (Fsp3) is 0.600. The van der Waals surface area contributed by atoms with Gasteiger partial charge in [-0.2, -0.15) is 0 Å². The van der Waals surface area contributed by atoms with E-state index < -0.39 is 0 Å². The van der Waals surface area contributed by atoms with Crippen molar-refractivity contribution in [3.05, 3.63) is 30.1 Å². The maximum Gasteiger partial charge on any atom is 0.255 e. The first-order valence-corrected chi connectivity index (χ1v) is 7.10. The van der Waals surface area contributed by atoms with Gasteiger partial charge < -0.3 is 10.2 Å². The summed E-state index contributed by atoms with van der Waals surface area (Å²) in [5.74, 6) is 0.714. The Morgan fingerprint density at radius 1 is 1.47 bits per heavy atom. The fourth-order valence-electron chi connectivity index (χ4n) is 2.53. The second-order valence-corrected chi connectivity index (χ2v) is 5.49. The molecule has 104 valence electrons. The molecule has 4 heteroatoms. The van der Waals surface area contributed by atoms with Crippen molar-refractivity contribution in [2.24, 2.45) is 5.92 Å². The van der Waals surface area contributed by atoms with E-state index in [-0.39, 0.29) is 11.9 Å². The molecule has 1 fully saturated rings. The van der Waals surface area contributed by atoms with Gasteiger partial charge in [0.1, 0.15) is 0 Å². The number of hydrogen-bond acceptors (Lipinski definition) is 3. The summed E-state index contributed by atoms with van der Waals surface area (Å²) in [6.07, 6.45) is 5.66. The molecule has 19 heavy (non-hydrogen) atoms. The van der Waals surface area contributed by atoms with Crippen LogP contribution in [0.1, 0.15) is 37.0 Å². The first kappa shape index (κ1) is 14.0. The first-order chi connectivity index (χ1) is 9.18. The molecule has 2 rings (SSSR count). The monoisotopic (exact) mass is 261 g/mol. The third-order valence-corrected chi connectivity index (χ3v) is 3.71. The van der Waals surface area contributed by atoms with Crippen LogP contribution in [-0.4, -0.2) is 41.5 Å².